The molecular formula is C81H48N8S6. The number of rotatable bonds is 10. The molecule has 0 N–H and O–H groups in total. The molecule has 0 spiro atoms. The van der Waals surface area contributed by atoms with E-state index in [-0.39, 0.29) is 11.1 Å². The summed E-state index contributed by atoms with van der Waals surface area (Å²) in [6, 6.07) is 76.6. The van der Waals surface area contributed by atoms with Crippen molar-refractivity contribution in [1.82, 2.24) is 17.5 Å². The first-order valence-electron chi connectivity index (χ1n) is 30.8. The number of aromatic nitrogens is 4. The zero-order chi connectivity index (χ0) is 64.4. The number of fused-ring (bicyclic) bond motifs is 10. The van der Waals surface area contributed by atoms with Gasteiger partial charge >= 0.3 is 0 Å². The van der Waals surface area contributed by atoms with E-state index in [4.69, 9.17) is 8.75 Å². The summed E-state index contributed by atoms with van der Waals surface area (Å²) >= 11 is 9.40. The van der Waals surface area contributed by atoms with Crippen molar-refractivity contribution in [2.24, 2.45) is 0 Å². The van der Waals surface area contributed by atoms with E-state index in [1.807, 2.05) is 71.2 Å². The Morgan fingerprint density at radius 1 is 0.389 bits per heavy atom. The quantitative estimate of drug-likeness (QED) is 0.123. The highest BCUT2D eigenvalue weighted by Gasteiger charge is 2.52. The zero-order valence-electron chi connectivity index (χ0n) is 51.4. The van der Waals surface area contributed by atoms with Crippen LogP contribution in [0.2, 0.25) is 0 Å². The highest BCUT2D eigenvalue weighted by atomic mass is 32.1. The van der Waals surface area contributed by atoms with Crippen LogP contribution >= 0.6 is 68.8 Å². The summed E-state index contributed by atoms with van der Waals surface area (Å²) < 4.78 is 21.1. The Bertz CT molecular complexity index is 5840. The molecule has 448 valence electrons. The minimum absolute atomic E-state index is 0.0203. The average molecular weight is 1330 g/mol. The number of benzene rings is 8. The second kappa shape index (κ2) is 22.6. The lowest BCUT2D eigenvalue weighted by atomic mass is 9.58. The smallest absolute Gasteiger partial charge is 0.130 e. The second-order valence-corrected chi connectivity index (χ2v) is 30.0. The number of nitrogens with zero attached hydrogens (tertiary/aromatic N) is 8. The number of hydrogen-bond acceptors (Lipinski definition) is 14. The molecule has 17 rings (SSSR count). The molecule has 0 fully saturated rings. The summed E-state index contributed by atoms with van der Waals surface area (Å²) in [5.74, 6) is 0. The van der Waals surface area contributed by atoms with Gasteiger partial charge in [-0.25, -0.2) is 0 Å². The predicted octanol–water partition coefficient (Wildman–Crippen LogP) is 21.9. The van der Waals surface area contributed by atoms with Crippen molar-refractivity contribution in [3.8, 4) is 64.7 Å². The SMILES string of the molecule is Cc1ccc(C2(c3ccc(C)cc3)C3=CC4=C(C=C(C3)c3cc5sc(-c6ccc(-c7ccc(C=C(C#N)C#N)c8nsnc78)s6)cc5cc32)C(c2ccc(C)cc2)(c2ccc(C)cc2)c2cc3cc(-c5ccc(-c6ccc(C=C(C#N)C#N)c7nsnc67)s5)sc3cc24)cc1. The molecule has 0 atom stereocenters. The Balaban J connectivity index is 0.876. The van der Waals surface area contributed by atoms with Gasteiger partial charge < -0.3 is 0 Å². The lowest BCUT2D eigenvalue weighted by Gasteiger charge is -2.44. The van der Waals surface area contributed by atoms with Crippen LogP contribution in [0.3, 0.4) is 0 Å². The first kappa shape index (κ1) is 58.2. The average Bonchev–Trinajstić information content (AvgIpc) is 1.52. The van der Waals surface area contributed by atoms with Gasteiger partial charge in [0.05, 0.1) is 34.3 Å². The first-order valence-corrected chi connectivity index (χ1v) is 35.5. The number of hydrogen-bond donors (Lipinski definition) is 0. The molecule has 0 amide bonds. The van der Waals surface area contributed by atoms with Crippen LogP contribution in [0, 0.1) is 73.0 Å². The third-order valence-electron chi connectivity index (χ3n) is 19.1. The van der Waals surface area contributed by atoms with E-state index < -0.39 is 10.8 Å². The lowest BCUT2D eigenvalue weighted by molar-refractivity contribution is 0.693. The maximum Gasteiger partial charge on any atom is 0.130 e. The molecule has 0 saturated heterocycles. The van der Waals surface area contributed by atoms with Crippen molar-refractivity contribution in [1.29, 1.82) is 21.0 Å². The summed E-state index contributed by atoms with van der Waals surface area (Å²) in [4.78, 5) is 6.80. The first-order chi connectivity index (χ1) is 46.4. The maximum absolute atomic E-state index is 9.56. The summed E-state index contributed by atoms with van der Waals surface area (Å²) in [5, 5.41) is 40.6. The van der Waals surface area contributed by atoms with Crippen LogP contribution in [0.5, 0.6) is 0 Å². The van der Waals surface area contributed by atoms with Crippen molar-refractivity contribution < 1.29 is 0 Å². The summed E-state index contributed by atoms with van der Waals surface area (Å²) in [5.41, 5.74) is 24.6. The van der Waals surface area contributed by atoms with Crippen LogP contribution in [0.15, 0.2) is 216 Å². The fourth-order valence-corrected chi connectivity index (χ4v) is 20.1. The van der Waals surface area contributed by atoms with Crippen LogP contribution in [0.4, 0.5) is 0 Å². The van der Waals surface area contributed by atoms with E-state index in [2.05, 4.69) is 206 Å². The summed E-state index contributed by atoms with van der Waals surface area (Å²) in [6.07, 6.45) is 9.12. The Morgan fingerprint density at radius 2 is 0.789 bits per heavy atom. The van der Waals surface area contributed by atoms with E-state index in [9.17, 15) is 21.0 Å². The number of nitriles is 4. The van der Waals surface area contributed by atoms with Gasteiger partial charge in [0.2, 0.25) is 0 Å². The molecule has 0 unspecified atom stereocenters. The molecular weight excluding hydrogens is 1280 g/mol. The summed E-state index contributed by atoms with van der Waals surface area (Å²) in [7, 11) is 0. The van der Waals surface area contributed by atoms with E-state index in [1.165, 1.54) is 119 Å². The van der Waals surface area contributed by atoms with Crippen LogP contribution < -0.4 is 0 Å². The molecule has 2 bridgehead atoms. The topological polar surface area (TPSA) is 147 Å². The highest BCUT2D eigenvalue weighted by Crippen LogP contribution is 2.63. The van der Waals surface area contributed by atoms with Crippen molar-refractivity contribution in [2.75, 3.05) is 0 Å². The van der Waals surface area contributed by atoms with Crippen LogP contribution in [-0.2, 0) is 10.8 Å². The fraction of sp³-hybridized carbons (Fsp3) is 0.0864. The van der Waals surface area contributed by atoms with Gasteiger partial charge in [-0.3, -0.25) is 0 Å². The zero-order valence-corrected chi connectivity index (χ0v) is 56.3. The van der Waals surface area contributed by atoms with Gasteiger partial charge in [0.25, 0.3) is 0 Å². The third kappa shape index (κ3) is 9.17. The lowest BCUT2D eigenvalue weighted by Crippen LogP contribution is -2.36. The Labute approximate surface area is 572 Å². The minimum atomic E-state index is -0.726. The Morgan fingerprint density at radius 3 is 1.23 bits per heavy atom. The molecule has 3 aliphatic carbocycles. The molecule has 95 heavy (non-hydrogen) atoms. The van der Waals surface area contributed by atoms with E-state index in [1.54, 1.807) is 34.8 Å². The molecule has 6 aromatic heterocycles. The van der Waals surface area contributed by atoms with Crippen LogP contribution in [-0.4, -0.2) is 17.5 Å². The number of thiophene rings is 4. The molecule has 8 aromatic carbocycles. The van der Waals surface area contributed by atoms with Gasteiger partial charge in [0.15, 0.2) is 0 Å². The van der Waals surface area contributed by atoms with Gasteiger partial charge in [-0.1, -0.05) is 156 Å². The van der Waals surface area contributed by atoms with Crippen molar-refractivity contribution in [2.45, 2.75) is 44.9 Å². The van der Waals surface area contributed by atoms with E-state index >= 15 is 0 Å². The second-order valence-electron chi connectivity index (χ2n) is 24.6. The molecule has 14 heteroatoms. The van der Waals surface area contributed by atoms with Gasteiger partial charge in [0, 0.05) is 60.9 Å². The normalized spacial score (nSPS) is 14.1. The number of aryl methyl sites for hydroxylation is 4. The van der Waals surface area contributed by atoms with E-state index in [0.717, 1.165) is 71.5 Å². The molecule has 0 radical (unpaired) electrons. The fourth-order valence-electron chi connectivity index (χ4n) is 14.6. The summed E-state index contributed by atoms with van der Waals surface area (Å²) in [6.45, 7) is 8.71. The van der Waals surface area contributed by atoms with Crippen molar-refractivity contribution >= 4 is 134 Å². The number of allylic oxidation sites excluding steroid dienone is 8. The van der Waals surface area contributed by atoms with Gasteiger partial charge in [-0.2, -0.15) is 38.5 Å². The van der Waals surface area contributed by atoms with Crippen LogP contribution in [0.1, 0.15) is 84.3 Å². The monoisotopic (exact) mass is 1320 g/mol. The minimum Gasteiger partial charge on any atom is -0.192 e. The molecule has 0 saturated carbocycles. The largest absolute Gasteiger partial charge is 0.192 e. The molecule has 3 aliphatic rings. The molecule has 14 aromatic rings. The Kier molecular flexibility index (Phi) is 13.8. The van der Waals surface area contributed by atoms with Gasteiger partial charge in [-0.15, -0.1) is 45.3 Å². The standard InChI is InChI=1S/C81H48N8S6/c1-44-5-15-55(16-6-44)80(56-17-7-45(2)8-18-56)59-31-52(62-38-72-53(33-65(62)80)35-74(92-72)70-27-25-68(90-70)60-23-13-50(29-48(40-82)41-83)76-78(60)88-94-86-76)32-66-63(37-59)64-39-73-54(34-67(64)81(66,57-19-9-46(3)10-20-57)58-21-11-47(4)12-22-58)36-75(93-73)71-28-26-69(91-71)61-24-14-51(30-49(42-84)43-85)77-79(61)89-95-87-77/h5-30,32-39H,31H2,1-4H3. The maximum atomic E-state index is 9.56. The van der Waals surface area contributed by atoms with Crippen LogP contribution in [0.25, 0.3) is 106 Å². The predicted molar refractivity (Wildman–Crippen MR) is 394 cm³/mol. The molecule has 6 heterocycles. The third-order valence-corrected chi connectivity index (χ3v) is 25.0. The highest BCUT2D eigenvalue weighted by molar-refractivity contribution is 7.27. The van der Waals surface area contributed by atoms with Crippen molar-refractivity contribution in [3.05, 3.63) is 294 Å². The van der Waals surface area contributed by atoms with E-state index in [0.29, 0.717) is 22.2 Å². The van der Waals surface area contributed by atoms with Gasteiger partial charge in [-0.05, 0) is 185 Å². The molecule has 8 nitrogen and oxygen atoms in total. The molecule has 0 aliphatic heterocycles. The van der Waals surface area contributed by atoms with Crippen molar-refractivity contribution in [3.63, 3.8) is 0 Å². The Hall–Kier alpha value is -10.6. The van der Waals surface area contributed by atoms with Gasteiger partial charge in [0.1, 0.15) is 57.5 Å².